The molecule has 0 radical (unpaired) electrons. The topological polar surface area (TPSA) is 88.1 Å². The van der Waals surface area contributed by atoms with Gasteiger partial charge in [0.15, 0.2) is 0 Å². The van der Waals surface area contributed by atoms with E-state index in [-0.39, 0.29) is 0 Å². The first kappa shape index (κ1) is 46.9. The fourth-order valence-electron chi connectivity index (χ4n) is 5.89. The third kappa shape index (κ3) is 50.8. The largest absolute Gasteiger partial charge is 0.330 e. The predicted molar refractivity (Wildman–Crippen MR) is 207 cm³/mol. The molecular weight excluding hydrogens is 550 g/mol. The van der Waals surface area contributed by atoms with Crippen molar-refractivity contribution in [3.63, 3.8) is 0 Å². The minimum atomic E-state index is 0.771. The third-order valence-corrected chi connectivity index (χ3v) is 9.01. The summed E-state index contributed by atoms with van der Waals surface area (Å²) in [6.45, 7) is 12.7. The van der Waals surface area contributed by atoms with Crippen molar-refractivity contribution in [2.45, 2.75) is 206 Å². The molecule has 0 spiro atoms. The molecule has 0 rings (SSSR count). The zero-order valence-electron chi connectivity index (χ0n) is 31.5. The summed E-state index contributed by atoms with van der Waals surface area (Å²) in [5.74, 6) is 0. The number of nitrogens with one attached hydrogen (secondary N) is 3. The average molecular weight is 640 g/mol. The van der Waals surface area contributed by atoms with Gasteiger partial charge in [-0.1, -0.05) is 181 Å². The molecule has 0 aromatic carbocycles. The van der Waals surface area contributed by atoms with Crippen LogP contribution in [0.3, 0.4) is 0 Å². The van der Waals surface area contributed by atoms with E-state index in [9.17, 15) is 0 Å². The van der Waals surface area contributed by atoms with E-state index in [0.29, 0.717) is 0 Å². The van der Waals surface area contributed by atoms with E-state index in [1.54, 1.807) is 0 Å². The molecular formula is C40H89N5. The third-order valence-electron chi connectivity index (χ3n) is 9.01. The molecule has 0 saturated heterocycles. The van der Waals surface area contributed by atoms with E-state index in [1.165, 1.54) is 193 Å². The molecule has 0 amide bonds. The second-order valence-corrected chi connectivity index (χ2v) is 13.7. The highest BCUT2D eigenvalue weighted by Crippen LogP contribution is 2.14. The van der Waals surface area contributed by atoms with E-state index < -0.39 is 0 Å². The Kier molecular flexibility index (Phi) is 50.3. The Morgan fingerprint density at radius 1 is 0.244 bits per heavy atom. The average Bonchev–Trinajstić information content (AvgIpc) is 3.05. The first-order valence-corrected chi connectivity index (χ1v) is 20.9. The summed E-state index contributed by atoms with van der Waals surface area (Å²) in [5.41, 5.74) is 10.7. The second-order valence-electron chi connectivity index (χ2n) is 13.7. The van der Waals surface area contributed by atoms with Crippen molar-refractivity contribution in [3.05, 3.63) is 0 Å². The van der Waals surface area contributed by atoms with E-state index >= 15 is 0 Å². The highest BCUT2D eigenvalue weighted by molar-refractivity contribution is 4.55. The molecule has 5 heteroatoms. The van der Waals surface area contributed by atoms with Gasteiger partial charge in [0.2, 0.25) is 0 Å². The lowest BCUT2D eigenvalue weighted by Gasteiger charge is -2.06. The van der Waals surface area contributed by atoms with Crippen LogP contribution in [0.15, 0.2) is 0 Å². The molecule has 45 heavy (non-hydrogen) atoms. The van der Waals surface area contributed by atoms with Crippen molar-refractivity contribution in [1.29, 1.82) is 0 Å². The molecule has 0 atom stereocenters. The van der Waals surface area contributed by atoms with Crippen molar-refractivity contribution in [3.8, 4) is 0 Å². The number of hydrogen-bond acceptors (Lipinski definition) is 5. The monoisotopic (exact) mass is 640 g/mol. The fourth-order valence-corrected chi connectivity index (χ4v) is 5.89. The standard InChI is InChI=1S/C32H67N.C8H22N4/c1-3-5-7-9-11-13-15-17-19-21-23-25-27-29-31-33-32-30-28-26-24-22-20-18-16-14-12-10-8-6-4-2;9-3-1-5-11-7-8-12-6-2-4-10/h33H,3-32H2,1-2H3;11-12H,1-10H2. The first-order valence-electron chi connectivity index (χ1n) is 20.9. The molecule has 5 nitrogen and oxygen atoms in total. The van der Waals surface area contributed by atoms with Crippen LogP contribution in [0.2, 0.25) is 0 Å². The summed E-state index contributed by atoms with van der Waals surface area (Å²) in [6, 6.07) is 0. The second kappa shape index (κ2) is 48.2. The summed E-state index contributed by atoms with van der Waals surface area (Å²) in [6.07, 6.45) is 42.8. The Morgan fingerprint density at radius 3 is 0.689 bits per heavy atom. The summed E-state index contributed by atoms with van der Waals surface area (Å²) in [4.78, 5) is 0. The minimum Gasteiger partial charge on any atom is -0.330 e. The lowest BCUT2D eigenvalue weighted by atomic mass is 10.0. The van der Waals surface area contributed by atoms with Gasteiger partial charge in [0.1, 0.15) is 0 Å². The van der Waals surface area contributed by atoms with Gasteiger partial charge in [0.05, 0.1) is 0 Å². The number of hydrogen-bond donors (Lipinski definition) is 5. The van der Waals surface area contributed by atoms with Gasteiger partial charge in [-0.25, -0.2) is 0 Å². The molecule has 7 N–H and O–H groups in total. The zero-order valence-corrected chi connectivity index (χ0v) is 31.5. The maximum Gasteiger partial charge on any atom is 0.00767 e. The van der Waals surface area contributed by atoms with Gasteiger partial charge < -0.3 is 27.4 Å². The Labute approximate surface area is 285 Å². The Bertz CT molecular complexity index is 422. The summed E-state index contributed by atoms with van der Waals surface area (Å²) in [7, 11) is 0. The summed E-state index contributed by atoms with van der Waals surface area (Å²) in [5, 5.41) is 10.3. The van der Waals surface area contributed by atoms with Gasteiger partial charge in [0, 0.05) is 13.1 Å². The normalized spacial score (nSPS) is 11.2. The van der Waals surface area contributed by atoms with E-state index in [4.69, 9.17) is 11.5 Å². The highest BCUT2D eigenvalue weighted by atomic mass is 14.9. The van der Waals surface area contributed by atoms with Crippen molar-refractivity contribution < 1.29 is 0 Å². The van der Waals surface area contributed by atoms with Crippen molar-refractivity contribution in [1.82, 2.24) is 16.0 Å². The molecule has 0 bridgehead atoms. The Balaban J connectivity index is 0. The Morgan fingerprint density at radius 2 is 0.444 bits per heavy atom. The molecule has 0 aromatic rings. The quantitative estimate of drug-likeness (QED) is 0.0432. The van der Waals surface area contributed by atoms with Crippen LogP contribution >= 0.6 is 0 Å². The Hall–Kier alpha value is -0.200. The lowest BCUT2D eigenvalue weighted by Crippen LogP contribution is -2.29. The molecule has 0 aliphatic carbocycles. The fraction of sp³-hybridized carbons (Fsp3) is 1.00. The maximum atomic E-state index is 5.34. The molecule has 0 saturated carbocycles. The van der Waals surface area contributed by atoms with Gasteiger partial charge in [-0.15, -0.1) is 0 Å². The van der Waals surface area contributed by atoms with E-state index in [0.717, 1.165) is 52.1 Å². The van der Waals surface area contributed by atoms with Crippen LogP contribution in [0.4, 0.5) is 0 Å². The van der Waals surface area contributed by atoms with Crippen LogP contribution in [0.1, 0.15) is 206 Å². The molecule has 0 heterocycles. The van der Waals surface area contributed by atoms with E-state index in [1.807, 2.05) is 0 Å². The molecule has 0 unspecified atom stereocenters. The van der Waals surface area contributed by atoms with Crippen LogP contribution in [-0.2, 0) is 0 Å². The van der Waals surface area contributed by atoms with Crippen molar-refractivity contribution in [2.24, 2.45) is 11.5 Å². The minimum absolute atomic E-state index is 0.771. The first-order chi connectivity index (χ1) is 22.3. The maximum absolute atomic E-state index is 5.34. The van der Waals surface area contributed by atoms with Crippen LogP contribution < -0.4 is 27.4 Å². The van der Waals surface area contributed by atoms with Crippen LogP contribution in [0.5, 0.6) is 0 Å². The molecule has 0 aliphatic rings. The smallest absolute Gasteiger partial charge is 0.00767 e. The van der Waals surface area contributed by atoms with Gasteiger partial charge in [0.25, 0.3) is 0 Å². The molecule has 0 aromatic heterocycles. The number of nitrogens with two attached hydrogens (primary N) is 2. The molecule has 0 aliphatic heterocycles. The van der Waals surface area contributed by atoms with Crippen LogP contribution in [0, 0.1) is 0 Å². The summed E-state index contributed by atoms with van der Waals surface area (Å²) < 4.78 is 0. The van der Waals surface area contributed by atoms with Crippen molar-refractivity contribution in [2.75, 3.05) is 52.4 Å². The predicted octanol–water partition coefficient (Wildman–Crippen LogP) is 10.4. The lowest BCUT2D eigenvalue weighted by molar-refractivity contribution is 0.518. The highest BCUT2D eigenvalue weighted by Gasteiger charge is 1.96. The number of unbranched alkanes of at least 4 members (excludes halogenated alkanes) is 26. The van der Waals surface area contributed by atoms with Crippen LogP contribution in [0.25, 0.3) is 0 Å². The summed E-state index contributed by atoms with van der Waals surface area (Å²) >= 11 is 0. The van der Waals surface area contributed by atoms with Gasteiger partial charge in [-0.2, -0.15) is 0 Å². The van der Waals surface area contributed by atoms with Gasteiger partial charge in [-0.3, -0.25) is 0 Å². The zero-order chi connectivity index (χ0) is 33.0. The van der Waals surface area contributed by atoms with Gasteiger partial charge >= 0.3 is 0 Å². The van der Waals surface area contributed by atoms with E-state index in [2.05, 4.69) is 29.8 Å². The number of rotatable bonds is 39. The SMILES string of the molecule is CCCCCCCCCCCCCCCCNCCCCCCCCCCCCCCCC.NCCCNCCNCCCN. The van der Waals surface area contributed by atoms with Gasteiger partial charge in [-0.05, 0) is 65.0 Å². The van der Waals surface area contributed by atoms with Crippen molar-refractivity contribution >= 4 is 0 Å². The molecule has 274 valence electrons. The molecule has 0 fully saturated rings. The van der Waals surface area contributed by atoms with Crippen LogP contribution in [-0.4, -0.2) is 52.4 Å².